The number of benzene rings is 1. The van der Waals surface area contributed by atoms with Crippen LogP contribution in [0.4, 0.5) is 0 Å². The van der Waals surface area contributed by atoms with Crippen molar-refractivity contribution in [2.24, 2.45) is 0 Å². The number of carbonyl (C=O) groups is 1. The van der Waals surface area contributed by atoms with E-state index in [0.29, 0.717) is 4.88 Å². The van der Waals surface area contributed by atoms with Gasteiger partial charge in [0.15, 0.2) is 0 Å². The SMILES string of the molecule is CCCCCCC(C)OC(=O)c1cc2ccccc2s1. The fourth-order valence-electron chi connectivity index (χ4n) is 2.24. The molecule has 2 rings (SSSR count). The summed E-state index contributed by atoms with van der Waals surface area (Å²) in [5, 5.41) is 1.11. The van der Waals surface area contributed by atoms with E-state index < -0.39 is 0 Å². The lowest BCUT2D eigenvalue weighted by Crippen LogP contribution is -2.14. The van der Waals surface area contributed by atoms with Gasteiger partial charge in [-0.15, -0.1) is 11.3 Å². The lowest BCUT2D eigenvalue weighted by Gasteiger charge is -2.12. The number of hydrogen-bond acceptors (Lipinski definition) is 3. The van der Waals surface area contributed by atoms with Crippen molar-refractivity contribution < 1.29 is 9.53 Å². The number of unbranched alkanes of at least 4 members (excludes halogenated alkanes) is 3. The van der Waals surface area contributed by atoms with Crippen LogP contribution in [0.1, 0.15) is 55.6 Å². The maximum Gasteiger partial charge on any atom is 0.348 e. The summed E-state index contributed by atoms with van der Waals surface area (Å²) >= 11 is 1.50. The third-order valence-corrected chi connectivity index (χ3v) is 4.50. The molecule has 0 amide bonds. The molecule has 1 unspecified atom stereocenters. The van der Waals surface area contributed by atoms with Gasteiger partial charge in [0.25, 0.3) is 0 Å². The van der Waals surface area contributed by atoms with Crippen LogP contribution in [0, 0.1) is 0 Å². The first-order valence-corrected chi connectivity index (χ1v) is 8.22. The Labute approximate surface area is 124 Å². The maximum atomic E-state index is 12.1. The van der Waals surface area contributed by atoms with Gasteiger partial charge in [0.1, 0.15) is 4.88 Å². The highest BCUT2D eigenvalue weighted by Gasteiger charge is 2.14. The van der Waals surface area contributed by atoms with E-state index in [9.17, 15) is 4.79 Å². The number of rotatable bonds is 7. The van der Waals surface area contributed by atoms with Crippen molar-refractivity contribution in [1.82, 2.24) is 0 Å². The summed E-state index contributed by atoms with van der Waals surface area (Å²) in [6.45, 7) is 4.18. The summed E-state index contributed by atoms with van der Waals surface area (Å²) in [5.41, 5.74) is 0. The number of ether oxygens (including phenoxy) is 1. The largest absolute Gasteiger partial charge is 0.458 e. The summed E-state index contributed by atoms with van der Waals surface area (Å²) in [4.78, 5) is 12.8. The van der Waals surface area contributed by atoms with Crippen molar-refractivity contribution >= 4 is 27.4 Å². The molecule has 1 heterocycles. The number of thiophene rings is 1. The lowest BCUT2D eigenvalue weighted by molar-refractivity contribution is 0.0325. The predicted octanol–water partition coefficient (Wildman–Crippen LogP) is 5.42. The van der Waals surface area contributed by atoms with Crippen molar-refractivity contribution in [3.8, 4) is 0 Å². The molecule has 0 saturated carbocycles. The smallest absolute Gasteiger partial charge is 0.348 e. The Morgan fingerprint density at radius 1 is 1.25 bits per heavy atom. The average Bonchev–Trinajstić information content (AvgIpc) is 2.87. The van der Waals surface area contributed by atoms with Crippen molar-refractivity contribution in [1.29, 1.82) is 0 Å². The third kappa shape index (κ3) is 4.07. The minimum atomic E-state index is -0.186. The molecule has 1 atom stereocenters. The second kappa shape index (κ2) is 7.44. The first-order chi connectivity index (χ1) is 9.70. The Morgan fingerprint density at radius 3 is 2.80 bits per heavy atom. The van der Waals surface area contributed by atoms with Crippen LogP contribution in [0.15, 0.2) is 30.3 Å². The average molecular weight is 290 g/mol. The second-order valence-electron chi connectivity index (χ2n) is 5.21. The summed E-state index contributed by atoms with van der Waals surface area (Å²) in [6, 6.07) is 9.96. The van der Waals surface area contributed by atoms with Crippen LogP contribution in [-0.2, 0) is 4.74 Å². The van der Waals surface area contributed by atoms with Crippen LogP contribution in [-0.4, -0.2) is 12.1 Å². The van der Waals surface area contributed by atoms with Crippen molar-refractivity contribution in [2.45, 2.75) is 52.1 Å². The number of fused-ring (bicyclic) bond motifs is 1. The zero-order valence-electron chi connectivity index (χ0n) is 12.2. The van der Waals surface area contributed by atoms with E-state index in [-0.39, 0.29) is 12.1 Å². The Kier molecular flexibility index (Phi) is 5.60. The molecule has 3 heteroatoms. The van der Waals surface area contributed by atoms with Gasteiger partial charge in [-0.3, -0.25) is 0 Å². The molecule has 20 heavy (non-hydrogen) atoms. The van der Waals surface area contributed by atoms with E-state index in [1.54, 1.807) is 0 Å². The van der Waals surface area contributed by atoms with Gasteiger partial charge in [0, 0.05) is 4.70 Å². The molecule has 2 aromatic rings. The zero-order chi connectivity index (χ0) is 14.4. The molecule has 0 bridgehead atoms. The summed E-state index contributed by atoms with van der Waals surface area (Å²) in [5.74, 6) is -0.186. The van der Waals surface area contributed by atoms with Gasteiger partial charge in [-0.1, -0.05) is 44.4 Å². The first kappa shape index (κ1) is 15.0. The molecule has 108 valence electrons. The van der Waals surface area contributed by atoms with Gasteiger partial charge in [-0.2, -0.15) is 0 Å². The molecule has 0 aliphatic rings. The van der Waals surface area contributed by atoms with E-state index >= 15 is 0 Å². The highest BCUT2D eigenvalue weighted by Crippen LogP contribution is 2.26. The standard InChI is InChI=1S/C17H22O2S/c1-3-4-5-6-9-13(2)19-17(18)16-12-14-10-7-8-11-15(14)20-16/h7-8,10-13H,3-6,9H2,1-2H3. The molecule has 0 spiro atoms. The summed E-state index contributed by atoms with van der Waals surface area (Å²) in [7, 11) is 0. The van der Waals surface area contributed by atoms with Crippen LogP contribution in [0.25, 0.3) is 10.1 Å². The van der Waals surface area contributed by atoms with Crippen molar-refractivity contribution in [3.63, 3.8) is 0 Å². The van der Waals surface area contributed by atoms with Gasteiger partial charge < -0.3 is 4.74 Å². The maximum absolute atomic E-state index is 12.1. The van der Waals surface area contributed by atoms with E-state index in [1.165, 1.54) is 30.6 Å². The molecule has 0 radical (unpaired) electrons. The van der Waals surface area contributed by atoms with Gasteiger partial charge in [0.2, 0.25) is 0 Å². The molecule has 0 aliphatic carbocycles. The summed E-state index contributed by atoms with van der Waals surface area (Å²) in [6.07, 6.45) is 5.81. The second-order valence-corrected chi connectivity index (χ2v) is 6.30. The monoisotopic (exact) mass is 290 g/mol. The first-order valence-electron chi connectivity index (χ1n) is 7.40. The number of esters is 1. The molecular formula is C17H22O2S. The van der Waals surface area contributed by atoms with Gasteiger partial charge in [-0.05, 0) is 37.3 Å². The normalized spacial score (nSPS) is 12.5. The van der Waals surface area contributed by atoms with Crippen LogP contribution < -0.4 is 0 Å². The molecule has 1 aromatic heterocycles. The van der Waals surface area contributed by atoms with Crippen LogP contribution in [0.3, 0.4) is 0 Å². The van der Waals surface area contributed by atoms with Crippen molar-refractivity contribution in [2.75, 3.05) is 0 Å². The minimum absolute atomic E-state index is 0.00423. The topological polar surface area (TPSA) is 26.3 Å². The van der Waals surface area contributed by atoms with E-state index in [0.717, 1.165) is 22.9 Å². The van der Waals surface area contributed by atoms with Gasteiger partial charge >= 0.3 is 5.97 Å². The van der Waals surface area contributed by atoms with Crippen LogP contribution in [0.2, 0.25) is 0 Å². The van der Waals surface area contributed by atoms with E-state index in [2.05, 4.69) is 6.92 Å². The quantitative estimate of drug-likeness (QED) is 0.503. The molecule has 0 fully saturated rings. The van der Waals surface area contributed by atoms with E-state index in [4.69, 9.17) is 4.74 Å². The third-order valence-electron chi connectivity index (χ3n) is 3.40. The fourth-order valence-corrected chi connectivity index (χ4v) is 3.19. The lowest BCUT2D eigenvalue weighted by atomic mass is 10.1. The molecule has 0 aliphatic heterocycles. The predicted molar refractivity (Wildman–Crippen MR) is 85.5 cm³/mol. The Morgan fingerprint density at radius 2 is 2.05 bits per heavy atom. The molecular weight excluding hydrogens is 268 g/mol. The molecule has 0 N–H and O–H groups in total. The summed E-state index contributed by atoms with van der Waals surface area (Å²) < 4.78 is 6.65. The molecule has 2 nitrogen and oxygen atoms in total. The molecule has 1 aromatic carbocycles. The Balaban J connectivity index is 1.87. The van der Waals surface area contributed by atoms with Crippen LogP contribution >= 0.6 is 11.3 Å². The zero-order valence-corrected chi connectivity index (χ0v) is 13.0. The fraction of sp³-hybridized carbons (Fsp3) is 0.471. The van der Waals surface area contributed by atoms with E-state index in [1.807, 2.05) is 37.3 Å². The highest BCUT2D eigenvalue weighted by atomic mass is 32.1. The minimum Gasteiger partial charge on any atom is -0.458 e. The number of hydrogen-bond donors (Lipinski definition) is 0. The number of carbonyl (C=O) groups excluding carboxylic acids is 1. The Bertz CT molecular complexity index is 526. The van der Waals surface area contributed by atoms with Crippen molar-refractivity contribution in [3.05, 3.63) is 35.2 Å². The molecule has 0 saturated heterocycles. The highest BCUT2D eigenvalue weighted by molar-refractivity contribution is 7.20. The van der Waals surface area contributed by atoms with Crippen LogP contribution in [0.5, 0.6) is 0 Å². The Hall–Kier alpha value is -1.35. The van der Waals surface area contributed by atoms with Gasteiger partial charge in [0.05, 0.1) is 6.10 Å². The van der Waals surface area contributed by atoms with Gasteiger partial charge in [-0.25, -0.2) is 4.79 Å².